The van der Waals surface area contributed by atoms with E-state index in [1.54, 1.807) is 7.11 Å². The van der Waals surface area contributed by atoms with Crippen LogP contribution in [0.2, 0.25) is 0 Å². The van der Waals surface area contributed by atoms with E-state index in [-0.39, 0.29) is 0 Å². The second kappa shape index (κ2) is 8.15. The third-order valence-electron chi connectivity index (χ3n) is 4.33. The fraction of sp³-hybridized carbons (Fsp3) is 0.588. The van der Waals surface area contributed by atoms with E-state index in [9.17, 15) is 0 Å². The molecule has 0 radical (unpaired) electrons. The predicted octanol–water partition coefficient (Wildman–Crippen LogP) is 2.14. The molecule has 122 valence electrons. The zero-order valence-electron chi connectivity index (χ0n) is 13.9. The molecule has 1 unspecified atom stereocenters. The van der Waals surface area contributed by atoms with E-state index >= 15 is 0 Å². The predicted molar refractivity (Wildman–Crippen MR) is 92.5 cm³/mol. The van der Waals surface area contributed by atoms with Crippen molar-refractivity contribution >= 4 is 11.6 Å². The first-order valence-corrected chi connectivity index (χ1v) is 7.97. The second-order valence-electron chi connectivity index (χ2n) is 5.97. The number of aliphatic imine (C=N–C) groups is 1. The van der Waals surface area contributed by atoms with Crippen molar-refractivity contribution in [3.63, 3.8) is 0 Å². The maximum Gasteiger partial charge on any atom is 0.193 e. The van der Waals surface area contributed by atoms with Crippen LogP contribution in [0.15, 0.2) is 23.2 Å². The molecule has 0 bridgehead atoms. The molecule has 0 saturated carbocycles. The minimum absolute atomic E-state index is 0.482. The lowest BCUT2D eigenvalue weighted by Crippen LogP contribution is -2.35. The van der Waals surface area contributed by atoms with Crippen LogP contribution in [0, 0.1) is 13.8 Å². The van der Waals surface area contributed by atoms with Crippen molar-refractivity contribution in [2.45, 2.75) is 32.7 Å². The first kappa shape index (κ1) is 16.8. The molecule has 22 heavy (non-hydrogen) atoms. The van der Waals surface area contributed by atoms with Gasteiger partial charge in [0, 0.05) is 25.4 Å². The van der Waals surface area contributed by atoms with Gasteiger partial charge in [0.2, 0.25) is 0 Å². The van der Waals surface area contributed by atoms with Crippen LogP contribution in [0.3, 0.4) is 0 Å². The molecule has 0 aliphatic carbocycles. The van der Waals surface area contributed by atoms with Crippen LogP contribution in [0.1, 0.15) is 24.0 Å². The molecule has 1 aromatic carbocycles. The summed E-state index contributed by atoms with van der Waals surface area (Å²) < 4.78 is 5.16. The summed E-state index contributed by atoms with van der Waals surface area (Å²) in [6.45, 7) is 7.82. The molecule has 2 rings (SSSR count). The number of benzene rings is 1. The molecular formula is C17H28N4O. The zero-order chi connectivity index (χ0) is 15.9. The molecule has 5 nitrogen and oxygen atoms in total. The first-order valence-electron chi connectivity index (χ1n) is 7.97. The average molecular weight is 304 g/mol. The molecule has 0 spiro atoms. The normalized spacial score (nSPS) is 19.6. The molecule has 5 heteroatoms. The second-order valence-corrected chi connectivity index (χ2v) is 5.97. The smallest absolute Gasteiger partial charge is 0.193 e. The standard InChI is InChI=1S/C17H28N4O/c1-13-6-7-15(11-14(13)2)20-17(18)19-12-16-5-4-8-21(16)9-10-22-3/h6-7,11,16H,4-5,8-10,12H2,1-3H3,(H3,18,19,20). The van der Waals surface area contributed by atoms with Gasteiger partial charge in [0.1, 0.15) is 0 Å². The van der Waals surface area contributed by atoms with Crippen LogP contribution in [0.5, 0.6) is 0 Å². The lowest BCUT2D eigenvalue weighted by molar-refractivity contribution is 0.143. The molecule has 1 heterocycles. The van der Waals surface area contributed by atoms with E-state index in [1.165, 1.54) is 24.0 Å². The van der Waals surface area contributed by atoms with Crippen molar-refractivity contribution in [2.75, 3.05) is 38.7 Å². The fourth-order valence-corrected chi connectivity index (χ4v) is 2.82. The van der Waals surface area contributed by atoms with Crippen molar-refractivity contribution in [3.05, 3.63) is 29.3 Å². The Morgan fingerprint density at radius 2 is 2.23 bits per heavy atom. The minimum atomic E-state index is 0.482. The van der Waals surface area contributed by atoms with E-state index in [4.69, 9.17) is 10.5 Å². The summed E-state index contributed by atoms with van der Waals surface area (Å²) in [4.78, 5) is 6.95. The summed E-state index contributed by atoms with van der Waals surface area (Å²) in [6, 6.07) is 6.70. The number of hydrogen-bond donors (Lipinski definition) is 2. The third-order valence-corrected chi connectivity index (χ3v) is 4.33. The highest BCUT2D eigenvalue weighted by atomic mass is 16.5. The van der Waals surface area contributed by atoms with Crippen molar-refractivity contribution in [2.24, 2.45) is 10.7 Å². The Labute approximate surface area is 133 Å². The molecule has 1 saturated heterocycles. The lowest BCUT2D eigenvalue weighted by atomic mass is 10.1. The van der Waals surface area contributed by atoms with Crippen LogP contribution in [0.25, 0.3) is 0 Å². The van der Waals surface area contributed by atoms with E-state index in [0.29, 0.717) is 12.0 Å². The quantitative estimate of drug-likeness (QED) is 0.624. The number of guanidine groups is 1. The highest BCUT2D eigenvalue weighted by molar-refractivity contribution is 5.92. The Bertz CT molecular complexity index is 515. The molecule has 1 aliphatic rings. The number of hydrogen-bond acceptors (Lipinski definition) is 3. The molecule has 1 aliphatic heterocycles. The summed E-state index contributed by atoms with van der Waals surface area (Å²) in [5.74, 6) is 0.488. The molecular weight excluding hydrogens is 276 g/mol. The Hall–Kier alpha value is -1.59. The largest absolute Gasteiger partial charge is 0.383 e. The van der Waals surface area contributed by atoms with Gasteiger partial charge in [0.25, 0.3) is 0 Å². The van der Waals surface area contributed by atoms with Gasteiger partial charge in [-0.05, 0) is 56.5 Å². The number of rotatable bonds is 6. The topological polar surface area (TPSA) is 62.9 Å². The van der Waals surface area contributed by atoms with E-state index in [0.717, 1.165) is 31.9 Å². The summed E-state index contributed by atoms with van der Waals surface area (Å²) in [7, 11) is 1.74. The Balaban J connectivity index is 1.87. The highest BCUT2D eigenvalue weighted by Crippen LogP contribution is 2.17. The van der Waals surface area contributed by atoms with E-state index in [1.807, 2.05) is 6.07 Å². The minimum Gasteiger partial charge on any atom is -0.383 e. The van der Waals surface area contributed by atoms with Crippen LogP contribution >= 0.6 is 0 Å². The van der Waals surface area contributed by atoms with Gasteiger partial charge in [-0.25, -0.2) is 0 Å². The molecule has 1 atom stereocenters. The van der Waals surface area contributed by atoms with Gasteiger partial charge in [-0.15, -0.1) is 0 Å². The van der Waals surface area contributed by atoms with E-state index in [2.05, 4.69) is 41.2 Å². The molecule has 0 aromatic heterocycles. The molecule has 1 fully saturated rings. The molecule has 0 amide bonds. The van der Waals surface area contributed by atoms with Gasteiger partial charge in [-0.1, -0.05) is 6.07 Å². The van der Waals surface area contributed by atoms with Crippen molar-refractivity contribution in [3.8, 4) is 0 Å². The number of methoxy groups -OCH3 is 1. The Kier molecular flexibility index (Phi) is 6.21. The van der Waals surface area contributed by atoms with Crippen molar-refractivity contribution in [1.29, 1.82) is 0 Å². The SMILES string of the molecule is COCCN1CCCC1CN=C(N)Nc1ccc(C)c(C)c1. The van der Waals surface area contributed by atoms with Gasteiger partial charge >= 0.3 is 0 Å². The van der Waals surface area contributed by atoms with Crippen LogP contribution in [-0.2, 0) is 4.74 Å². The van der Waals surface area contributed by atoms with Crippen molar-refractivity contribution < 1.29 is 4.74 Å². The summed E-state index contributed by atoms with van der Waals surface area (Å²) in [5.41, 5.74) is 9.53. The Morgan fingerprint density at radius 3 is 2.95 bits per heavy atom. The fourth-order valence-electron chi connectivity index (χ4n) is 2.82. The van der Waals surface area contributed by atoms with Gasteiger partial charge < -0.3 is 15.8 Å². The number of nitrogens with zero attached hydrogens (tertiary/aromatic N) is 2. The van der Waals surface area contributed by atoms with Crippen LogP contribution < -0.4 is 11.1 Å². The average Bonchev–Trinajstić information content (AvgIpc) is 2.94. The van der Waals surface area contributed by atoms with Crippen LogP contribution in [0.4, 0.5) is 5.69 Å². The van der Waals surface area contributed by atoms with Gasteiger partial charge in [-0.3, -0.25) is 9.89 Å². The third kappa shape index (κ3) is 4.71. The maximum atomic E-state index is 6.01. The van der Waals surface area contributed by atoms with E-state index < -0.39 is 0 Å². The van der Waals surface area contributed by atoms with Gasteiger partial charge in [0.05, 0.1) is 13.2 Å². The summed E-state index contributed by atoms with van der Waals surface area (Å²) in [6.07, 6.45) is 2.42. The number of aryl methyl sites for hydroxylation is 2. The summed E-state index contributed by atoms with van der Waals surface area (Å²) in [5, 5.41) is 3.18. The van der Waals surface area contributed by atoms with Gasteiger partial charge in [0.15, 0.2) is 5.96 Å². The number of nitrogens with two attached hydrogens (primary N) is 1. The lowest BCUT2D eigenvalue weighted by Gasteiger charge is -2.22. The summed E-state index contributed by atoms with van der Waals surface area (Å²) >= 11 is 0. The number of anilines is 1. The van der Waals surface area contributed by atoms with Crippen LogP contribution in [-0.4, -0.2) is 50.3 Å². The zero-order valence-corrected chi connectivity index (χ0v) is 13.9. The first-order chi connectivity index (χ1) is 10.6. The Morgan fingerprint density at radius 1 is 1.41 bits per heavy atom. The highest BCUT2D eigenvalue weighted by Gasteiger charge is 2.23. The monoisotopic (exact) mass is 304 g/mol. The maximum absolute atomic E-state index is 6.01. The number of nitrogens with one attached hydrogen (secondary N) is 1. The van der Waals surface area contributed by atoms with Gasteiger partial charge in [-0.2, -0.15) is 0 Å². The van der Waals surface area contributed by atoms with Crippen molar-refractivity contribution in [1.82, 2.24) is 4.90 Å². The number of likely N-dealkylation sites (tertiary alicyclic amines) is 1. The number of ether oxygens (including phenoxy) is 1. The molecule has 1 aromatic rings. The molecule has 3 N–H and O–H groups in total.